The van der Waals surface area contributed by atoms with Gasteiger partial charge in [-0.05, 0) is 31.5 Å². The summed E-state index contributed by atoms with van der Waals surface area (Å²) in [6, 6.07) is 2.95. The van der Waals surface area contributed by atoms with Crippen LogP contribution in [0.5, 0.6) is 0 Å². The van der Waals surface area contributed by atoms with Crippen LogP contribution in [-0.2, 0) is 9.53 Å². The van der Waals surface area contributed by atoms with Crippen LogP contribution in [0, 0.1) is 12.7 Å². The van der Waals surface area contributed by atoms with Crippen molar-refractivity contribution in [3.8, 4) is 0 Å². The highest BCUT2D eigenvalue weighted by atomic mass is 19.1. The molecule has 0 bridgehead atoms. The Morgan fingerprint density at radius 3 is 2.76 bits per heavy atom. The van der Waals surface area contributed by atoms with Gasteiger partial charge in [0.05, 0.1) is 19.3 Å². The Morgan fingerprint density at radius 2 is 2.19 bits per heavy atom. The highest BCUT2D eigenvalue weighted by Crippen LogP contribution is 2.28. The zero-order chi connectivity index (χ0) is 16.0. The Balaban J connectivity index is 2.84. The van der Waals surface area contributed by atoms with Crippen LogP contribution in [0.3, 0.4) is 0 Å². The number of halogens is 1. The topological polar surface area (TPSA) is 61.8 Å². The molecule has 2 N–H and O–H groups in total. The SMILES string of the molecule is COCCNC(=O)CN(C)c1cc(C)c(F)cc1C(C)O. The molecule has 1 atom stereocenters. The largest absolute Gasteiger partial charge is 0.389 e. The van der Waals surface area contributed by atoms with E-state index in [0.717, 1.165) is 0 Å². The Kier molecular flexibility index (Phi) is 6.58. The van der Waals surface area contributed by atoms with Crippen molar-refractivity contribution in [2.45, 2.75) is 20.0 Å². The van der Waals surface area contributed by atoms with Crippen molar-refractivity contribution < 1.29 is 19.0 Å². The van der Waals surface area contributed by atoms with Gasteiger partial charge in [-0.2, -0.15) is 0 Å². The third-order valence-corrected chi connectivity index (χ3v) is 3.18. The number of aryl methyl sites for hydroxylation is 1. The molecule has 1 rings (SSSR count). The monoisotopic (exact) mass is 298 g/mol. The Labute approximate surface area is 124 Å². The van der Waals surface area contributed by atoms with Gasteiger partial charge in [0.2, 0.25) is 5.91 Å². The maximum Gasteiger partial charge on any atom is 0.239 e. The molecule has 5 nitrogen and oxygen atoms in total. The smallest absolute Gasteiger partial charge is 0.239 e. The van der Waals surface area contributed by atoms with Crippen LogP contribution in [0.15, 0.2) is 12.1 Å². The van der Waals surface area contributed by atoms with Crippen LogP contribution in [0.4, 0.5) is 10.1 Å². The fraction of sp³-hybridized carbons (Fsp3) is 0.533. The van der Waals surface area contributed by atoms with E-state index in [9.17, 15) is 14.3 Å². The van der Waals surface area contributed by atoms with E-state index in [2.05, 4.69) is 5.32 Å². The van der Waals surface area contributed by atoms with Crippen molar-refractivity contribution >= 4 is 11.6 Å². The summed E-state index contributed by atoms with van der Waals surface area (Å²) in [7, 11) is 3.29. The molecule has 21 heavy (non-hydrogen) atoms. The van der Waals surface area contributed by atoms with Gasteiger partial charge in [0.25, 0.3) is 0 Å². The first kappa shape index (κ1) is 17.4. The molecule has 0 aliphatic carbocycles. The number of ether oxygens (including phenoxy) is 1. The summed E-state index contributed by atoms with van der Waals surface area (Å²) >= 11 is 0. The highest BCUT2D eigenvalue weighted by molar-refractivity contribution is 5.81. The van der Waals surface area contributed by atoms with E-state index in [0.29, 0.717) is 30.0 Å². The number of nitrogens with zero attached hydrogens (tertiary/aromatic N) is 1. The van der Waals surface area contributed by atoms with Crippen LogP contribution >= 0.6 is 0 Å². The lowest BCUT2D eigenvalue weighted by molar-refractivity contribution is -0.119. The van der Waals surface area contributed by atoms with Crippen molar-refractivity contribution in [1.29, 1.82) is 0 Å². The number of amides is 1. The number of aliphatic hydroxyl groups excluding tert-OH is 1. The van der Waals surface area contributed by atoms with Crippen LogP contribution < -0.4 is 10.2 Å². The second kappa shape index (κ2) is 7.95. The molecule has 1 aromatic carbocycles. The minimum Gasteiger partial charge on any atom is -0.389 e. The maximum atomic E-state index is 13.6. The van der Waals surface area contributed by atoms with Crippen molar-refractivity contribution in [3.63, 3.8) is 0 Å². The van der Waals surface area contributed by atoms with Crippen molar-refractivity contribution in [2.24, 2.45) is 0 Å². The molecule has 6 heteroatoms. The standard InChI is InChI=1S/C15H23FN2O3/c1-10-7-14(12(11(2)19)8-13(10)16)18(3)9-15(20)17-5-6-21-4/h7-8,11,19H,5-6,9H2,1-4H3,(H,17,20). The first-order chi connectivity index (χ1) is 9.86. The molecule has 0 saturated carbocycles. The Bertz CT molecular complexity index is 492. The molecule has 1 unspecified atom stereocenters. The van der Waals surface area contributed by atoms with E-state index in [1.807, 2.05) is 0 Å². The molecule has 0 fully saturated rings. The summed E-state index contributed by atoms with van der Waals surface area (Å²) in [6.07, 6.45) is -0.811. The highest BCUT2D eigenvalue weighted by Gasteiger charge is 2.16. The quantitative estimate of drug-likeness (QED) is 0.747. The summed E-state index contributed by atoms with van der Waals surface area (Å²) in [5, 5.41) is 12.5. The molecule has 0 heterocycles. The first-order valence-electron chi connectivity index (χ1n) is 6.81. The fourth-order valence-corrected chi connectivity index (χ4v) is 2.00. The average Bonchev–Trinajstić information content (AvgIpc) is 2.41. The van der Waals surface area contributed by atoms with E-state index >= 15 is 0 Å². The van der Waals surface area contributed by atoms with Crippen molar-refractivity contribution in [2.75, 3.05) is 38.8 Å². The van der Waals surface area contributed by atoms with Gasteiger partial charge in [0, 0.05) is 32.0 Å². The van der Waals surface area contributed by atoms with Gasteiger partial charge in [-0.1, -0.05) is 0 Å². The van der Waals surface area contributed by atoms with Gasteiger partial charge in [-0.15, -0.1) is 0 Å². The number of methoxy groups -OCH3 is 1. The molecule has 0 spiro atoms. The van der Waals surface area contributed by atoms with Gasteiger partial charge < -0.3 is 20.1 Å². The molecule has 0 aromatic heterocycles. The number of rotatable bonds is 7. The van der Waals surface area contributed by atoms with E-state index < -0.39 is 6.10 Å². The number of hydrogen-bond donors (Lipinski definition) is 2. The lowest BCUT2D eigenvalue weighted by atomic mass is 10.0. The third-order valence-electron chi connectivity index (χ3n) is 3.18. The number of likely N-dealkylation sites (N-methyl/N-ethyl adjacent to an activating group) is 1. The maximum absolute atomic E-state index is 13.6. The Morgan fingerprint density at radius 1 is 1.52 bits per heavy atom. The molecule has 0 radical (unpaired) electrons. The molecule has 0 aliphatic rings. The predicted octanol–water partition coefficient (Wildman–Crippen LogP) is 1.39. The fourth-order valence-electron chi connectivity index (χ4n) is 2.00. The van der Waals surface area contributed by atoms with E-state index in [-0.39, 0.29) is 18.3 Å². The van der Waals surface area contributed by atoms with Gasteiger partial charge in [-0.25, -0.2) is 4.39 Å². The van der Waals surface area contributed by atoms with Crippen LogP contribution in [0.2, 0.25) is 0 Å². The van der Waals surface area contributed by atoms with Crippen LogP contribution in [-0.4, -0.2) is 44.9 Å². The number of carbonyl (C=O) groups excluding carboxylic acids is 1. The summed E-state index contributed by atoms with van der Waals surface area (Å²) in [6.45, 7) is 4.23. The van der Waals surface area contributed by atoms with E-state index in [1.165, 1.54) is 6.07 Å². The van der Waals surface area contributed by atoms with E-state index in [4.69, 9.17) is 4.74 Å². The molecular formula is C15H23FN2O3. The number of benzene rings is 1. The van der Waals surface area contributed by atoms with Gasteiger partial charge in [0.15, 0.2) is 0 Å². The average molecular weight is 298 g/mol. The normalized spacial score (nSPS) is 12.1. The number of hydrogen-bond acceptors (Lipinski definition) is 4. The van der Waals surface area contributed by atoms with E-state index in [1.54, 1.807) is 39.0 Å². The third kappa shape index (κ3) is 4.99. The number of anilines is 1. The second-order valence-electron chi connectivity index (χ2n) is 5.03. The van der Waals surface area contributed by atoms with Gasteiger partial charge in [0.1, 0.15) is 5.82 Å². The minimum absolute atomic E-state index is 0.120. The number of aliphatic hydroxyl groups is 1. The molecule has 1 aromatic rings. The lowest BCUT2D eigenvalue weighted by Crippen LogP contribution is -2.37. The zero-order valence-electron chi connectivity index (χ0n) is 12.9. The van der Waals surface area contributed by atoms with Gasteiger partial charge >= 0.3 is 0 Å². The first-order valence-corrected chi connectivity index (χ1v) is 6.81. The lowest BCUT2D eigenvalue weighted by Gasteiger charge is -2.24. The molecule has 0 saturated heterocycles. The summed E-state index contributed by atoms with van der Waals surface area (Å²) in [5.41, 5.74) is 1.58. The second-order valence-corrected chi connectivity index (χ2v) is 5.03. The molecular weight excluding hydrogens is 275 g/mol. The minimum atomic E-state index is -0.811. The Hall–Kier alpha value is -1.66. The van der Waals surface area contributed by atoms with Gasteiger partial charge in [-0.3, -0.25) is 4.79 Å². The van der Waals surface area contributed by atoms with Crippen molar-refractivity contribution in [1.82, 2.24) is 5.32 Å². The predicted molar refractivity (Wildman–Crippen MR) is 79.9 cm³/mol. The zero-order valence-corrected chi connectivity index (χ0v) is 12.9. The summed E-state index contributed by atoms with van der Waals surface area (Å²) in [4.78, 5) is 13.5. The molecule has 1 amide bonds. The molecule has 0 aliphatic heterocycles. The van der Waals surface area contributed by atoms with Crippen LogP contribution in [0.25, 0.3) is 0 Å². The molecule has 118 valence electrons. The number of nitrogens with one attached hydrogen (secondary N) is 1. The van der Waals surface area contributed by atoms with Crippen LogP contribution in [0.1, 0.15) is 24.2 Å². The summed E-state index contributed by atoms with van der Waals surface area (Å²) in [5.74, 6) is -0.527. The number of carbonyl (C=O) groups is 1. The van der Waals surface area contributed by atoms with Crippen molar-refractivity contribution in [3.05, 3.63) is 29.1 Å². The summed E-state index contributed by atoms with van der Waals surface area (Å²) < 4.78 is 18.5.